The zero-order valence-corrected chi connectivity index (χ0v) is 17.2. The van der Waals surface area contributed by atoms with E-state index in [2.05, 4.69) is 5.32 Å². The van der Waals surface area contributed by atoms with E-state index in [0.29, 0.717) is 12.8 Å². The Bertz CT molecular complexity index is 430. The molecular weight excluding hydrogens is 306 g/mol. The monoisotopic (exact) mass is 343 g/mol. The molecule has 0 heterocycles. The Balaban J connectivity index is 4.80. The Morgan fingerprint density at radius 2 is 1.29 bits per heavy atom. The second-order valence-corrected chi connectivity index (χ2v) is 9.16. The number of esters is 2. The number of carbonyl (C=O) groups is 2. The Morgan fingerprint density at radius 3 is 1.67 bits per heavy atom. The highest BCUT2D eigenvalue weighted by molar-refractivity contribution is 5.76. The van der Waals surface area contributed by atoms with E-state index < -0.39 is 22.8 Å². The van der Waals surface area contributed by atoms with Crippen LogP contribution >= 0.6 is 0 Å². The third-order valence-corrected chi connectivity index (χ3v) is 3.29. The maximum Gasteiger partial charge on any atom is 0.323 e. The molecule has 0 rings (SSSR count). The molecule has 0 spiro atoms. The van der Waals surface area contributed by atoms with E-state index in [9.17, 15) is 9.59 Å². The van der Waals surface area contributed by atoms with Crippen LogP contribution in [0.3, 0.4) is 0 Å². The number of hydrogen-bond donors (Lipinski definition) is 1. The van der Waals surface area contributed by atoms with Crippen LogP contribution < -0.4 is 5.32 Å². The molecular formula is C19H37NO4. The molecule has 142 valence electrons. The first-order chi connectivity index (χ1) is 10.6. The molecule has 0 bridgehead atoms. The van der Waals surface area contributed by atoms with Gasteiger partial charge in [-0.15, -0.1) is 0 Å². The maximum absolute atomic E-state index is 12.3. The topological polar surface area (TPSA) is 64.6 Å². The standard InChI is InChI=1S/C19H37NO4/c1-11-14(16(22)24-18(6,7)8)20-19(9,10)12-13(2)15(21)23-17(3,4)5/h13-14,20H,11-12H2,1-10H3. The lowest BCUT2D eigenvalue weighted by molar-refractivity contribution is -0.160. The Labute approximate surface area is 147 Å². The molecule has 5 nitrogen and oxygen atoms in total. The van der Waals surface area contributed by atoms with Gasteiger partial charge < -0.3 is 9.47 Å². The van der Waals surface area contributed by atoms with Gasteiger partial charge in [0, 0.05) is 5.54 Å². The SMILES string of the molecule is CCC(NC(C)(C)CC(C)C(=O)OC(C)(C)C)C(=O)OC(C)(C)C. The van der Waals surface area contributed by atoms with Crippen molar-refractivity contribution in [1.29, 1.82) is 0 Å². The highest BCUT2D eigenvalue weighted by Gasteiger charge is 2.32. The van der Waals surface area contributed by atoms with Gasteiger partial charge in [0.1, 0.15) is 17.2 Å². The van der Waals surface area contributed by atoms with Gasteiger partial charge in [0.2, 0.25) is 0 Å². The summed E-state index contributed by atoms with van der Waals surface area (Å²) in [6.45, 7) is 18.9. The summed E-state index contributed by atoms with van der Waals surface area (Å²) in [7, 11) is 0. The lowest BCUT2D eigenvalue weighted by Crippen LogP contribution is -2.52. The van der Waals surface area contributed by atoms with Crippen LogP contribution in [0.4, 0.5) is 0 Å². The average molecular weight is 344 g/mol. The predicted molar refractivity (Wildman–Crippen MR) is 96.8 cm³/mol. The van der Waals surface area contributed by atoms with E-state index in [1.807, 2.05) is 69.2 Å². The number of rotatable bonds is 7. The molecule has 5 heteroatoms. The maximum atomic E-state index is 12.3. The van der Waals surface area contributed by atoms with Crippen molar-refractivity contribution in [3.05, 3.63) is 0 Å². The van der Waals surface area contributed by atoms with Crippen LogP contribution in [0.2, 0.25) is 0 Å². The molecule has 0 aliphatic heterocycles. The summed E-state index contributed by atoms with van der Waals surface area (Å²) >= 11 is 0. The van der Waals surface area contributed by atoms with Gasteiger partial charge in [-0.25, -0.2) is 0 Å². The first-order valence-electron chi connectivity index (χ1n) is 8.80. The number of ether oxygens (including phenoxy) is 2. The van der Waals surface area contributed by atoms with E-state index in [0.717, 1.165) is 0 Å². The van der Waals surface area contributed by atoms with Crippen LogP contribution in [0.5, 0.6) is 0 Å². The zero-order chi connectivity index (χ0) is 19.3. The van der Waals surface area contributed by atoms with Crippen molar-refractivity contribution >= 4 is 11.9 Å². The summed E-state index contributed by atoms with van der Waals surface area (Å²) in [5.74, 6) is -0.742. The molecule has 24 heavy (non-hydrogen) atoms. The second kappa shape index (κ2) is 8.32. The minimum absolute atomic E-state index is 0.220. The van der Waals surface area contributed by atoms with Gasteiger partial charge in [-0.2, -0.15) is 0 Å². The molecule has 0 aromatic carbocycles. The summed E-state index contributed by atoms with van der Waals surface area (Å²) in [4.78, 5) is 24.5. The molecule has 0 aliphatic rings. The van der Waals surface area contributed by atoms with Crippen molar-refractivity contribution in [3.63, 3.8) is 0 Å². The fraction of sp³-hybridized carbons (Fsp3) is 0.895. The lowest BCUT2D eigenvalue weighted by atomic mass is 9.90. The third-order valence-electron chi connectivity index (χ3n) is 3.29. The summed E-state index contributed by atoms with van der Waals surface area (Å²) in [6, 6.07) is -0.398. The molecule has 0 amide bonds. The van der Waals surface area contributed by atoms with Crippen LogP contribution in [0.1, 0.15) is 82.1 Å². The fourth-order valence-corrected chi connectivity index (χ4v) is 2.48. The van der Waals surface area contributed by atoms with Crippen molar-refractivity contribution in [3.8, 4) is 0 Å². The van der Waals surface area contributed by atoms with E-state index in [1.54, 1.807) is 0 Å². The fourth-order valence-electron chi connectivity index (χ4n) is 2.48. The highest BCUT2D eigenvalue weighted by atomic mass is 16.6. The molecule has 2 unspecified atom stereocenters. The zero-order valence-electron chi connectivity index (χ0n) is 17.2. The van der Waals surface area contributed by atoms with Gasteiger partial charge >= 0.3 is 11.9 Å². The van der Waals surface area contributed by atoms with Crippen LogP contribution in [0, 0.1) is 5.92 Å². The Kier molecular flexibility index (Phi) is 7.94. The van der Waals surface area contributed by atoms with Crippen molar-refractivity contribution < 1.29 is 19.1 Å². The molecule has 0 fully saturated rings. The van der Waals surface area contributed by atoms with Crippen molar-refractivity contribution in [2.45, 2.75) is 105 Å². The van der Waals surface area contributed by atoms with Gasteiger partial charge in [0.25, 0.3) is 0 Å². The van der Waals surface area contributed by atoms with Crippen molar-refractivity contribution in [2.24, 2.45) is 5.92 Å². The lowest BCUT2D eigenvalue weighted by Gasteiger charge is -2.34. The largest absolute Gasteiger partial charge is 0.460 e. The normalized spacial score (nSPS) is 15.6. The van der Waals surface area contributed by atoms with E-state index >= 15 is 0 Å². The van der Waals surface area contributed by atoms with Crippen LogP contribution in [-0.2, 0) is 19.1 Å². The summed E-state index contributed by atoms with van der Waals surface area (Å²) in [5, 5.41) is 3.33. The van der Waals surface area contributed by atoms with Gasteiger partial charge in [0.05, 0.1) is 5.92 Å². The number of nitrogens with one attached hydrogen (secondary N) is 1. The summed E-state index contributed by atoms with van der Waals surface area (Å²) < 4.78 is 10.9. The minimum atomic E-state index is -0.514. The smallest absolute Gasteiger partial charge is 0.323 e. The predicted octanol–water partition coefficient (Wildman–Crippen LogP) is 3.84. The molecule has 2 atom stereocenters. The van der Waals surface area contributed by atoms with Crippen LogP contribution in [0.25, 0.3) is 0 Å². The van der Waals surface area contributed by atoms with Gasteiger partial charge in [-0.1, -0.05) is 13.8 Å². The first-order valence-corrected chi connectivity index (χ1v) is 8.80. The van der Waals surface area contributed by atoms with Crippen LogP contribution in [-0.4, -0.2) is 34.7 Å². The van der Waals surface area contributed by atoms with Crippen molar-refractivity contribution in [2.75, 3.05) is 0 Å². The number of carbonyl (C=O) groups excluding carboxylic acids is 2. The quantitative estimate of drug-likeness (QED) is 0.712. The summed E-state index contributed by atoms with van der Waals surface area (Å²) in [6.07, 6.45) is 1.19. The second-order valence-electron chi connectivity index (χ2n) is 9.16. The van der Waals surface area contributed by atoms with Crippen LogP contribution in [0.15, 0.2) is 0 Å². The van der Waals surface area contributed by atoms with E-state index in [4.69, 9.17) is 9.47 Å². The highest BCUT2D eigenvalue weighted by Crippen LogP contribution is 2.22. The molecule has 0 saturated carbocycles. The van der Waals surface area contributed by atoms with Gasteiger partial charge in [-0.3, -0.25) is 14.9 Å². The van der Waals surface area contributed by atoms with Gasteiger partial charge in [-0.05, 0) is 68.2 Å². The molecule has 0 aliphatic carbocycles. The Morgan fingerprint density at radius 1 is 0.875 bits per heavy atom. The molecule has 0 radical (unpaired) electrons. The summed E-state index contributed by atoms with van der Waals surface area (Å²) in [5.41, 5.74) is -1.40. The minimum Gasteiger partial charge on any atom is -0.460 e. The number of hydrogen-bond acceptors (Lipinski definition) is 5. The molecule has 0 aromatic rings. The van der Waals surface area contributed by atoms with E-state index in [1.165, 1.54) is 0 Å². The Hall–Kier alpha value is -1.10. The molecule has 0 saturated heterocycles. The van der Waals surface area contributed by atoms with E-state index in [-0.39, 0.29) is 17.9 Å². The third kappa shape index (κ3) is 9.91. The van der Waals surface area contributed by atoms with Crippen molar-refractivity contribution in [1.82, 2.24) is 5.32 Å². The van der Waals surface area contributed by atoms with Gasteiger partial charge in [0.15, 0.2) is 0 Å². The average Bonchev–Trinajstić information content (AvgIpc) is 2.30. The molecule has 0 aromatic heterocycles. The molecule has 1 N–H and O–H groups in total. The first kappa shape index (κ1) is 22.9.